The monoisotopic (exact) mass is 319 g/mol. The number of benzene rings is 2. The molecule has 0 N–H and O–H groups in total. The minimum absolute atomic E-state index is 0.185. The van der Waals surface area contributed by atoms with E-state index in [1.54, 1.807) is 4.90 Å². The summed E-state index contributed by atoms with van der Waals surface area (Å²) in [5.41, 5.74) is 0.565. The van der Waals surface area contributed by atoms with Crippen molar-refractivity contribution in [1.29, 1.82) is 0 Å². The van der Waals surface area contributed by atoms with E-state index >= 15 is 0 Å². The summed E-state index contributed by atoms with van der Waals surface area (Å²) < 4.78 is 37.8. The molecular weight excluding hydrogens is 303 g/mol. The Hall–Kier alpha value is -2.30. The number of amides is 1. The Morgan fingerprint density at radius 3 is 2.13 bits per heavy atom. The molecule has 0 aromatic heterocycles. The van der Waals surface area contributed by atoms with Gasteiger partial charge < -0.3 is 4.90 Å². The maximum Gasteiger partial charge on any atom is 0.416 e. The summed E-state index contributed by atoms with van der Waals surface area (Å²) in [4.78, 5) is 14.4. The van der Waals surface area contributed by atoms with Crippen LogP contribution in [0.2, 0.25) is 0 Å². The first kappa shape index (κ1) is 15.6. The molecule has 5 heteroatoms. The number of nitrogens with zero attached hydrogens (tertiary/aromatic N) is 1. The molecule has 23 heavy (non-hydrogen) atoms. The van der Waals surface area contributed by atoms with Gasteiger partial charge in [-0.15, -0.1) is 0 Å². The van der Waals surface area contributed by atoms with Gasteiger partial charge >= 0.3 is 6.18 Å². The van der Waals surface area contributed by atoms with Crippen molar-refractivity contribution in [3.05, 3.63) is 71.3 Å². The Labute approximate surface area is 132 Å². The Morgan fingerprint density at radius 1 is 1.00 bits per heavy atom. The molecule has 0 aliphatic heterocycles. The van der Waals surface area contributed by atoms with Gasteiger partial charge in [-0.2, -0.15) is 13.2 Å². The van der Waals surface area contributed by atoms with Gasteiger partial charge in [0.05, 0.1) is 5.56 Å². The van der Waals surface area contributed by atoms with Gasteiger partial charge in [0.2, 0.25) is 0 Å². The lowest BCUT2D eigenvalue weighted by Crippen LogP contribution is -2.32. The van der Waals surface area contributed by atoms with E-state index in [1.165, 1.54) is 12.1 Å². The highest BCUT2D eigenvalue weighted by molar-refractivity contribution is 5.94. The van der Waals surface area contributed by atoms with Gasteiger partial charge in [-0.05, 0) is 42.7 Å². The predicted octanol–water partition coefficient (Wildman–Crippen LogP) is 4.51. The van der Waals surface area contributed by atoms with Gasteiger partial charge in [0, 0.05) is 18.2 Å². The Kier molecular flexibility index (Phi) is 4.11. The fourth-order valence-corrected chi connectivity index (χ4v) is 2.50. The third kappa shape index (κ3) is 3.73. The minimum atomic E-state index is -4.39. The number of hydrogen-bond acceptors (Lipinski definition) is 1. The quantitative estimate of drug-likeness (QED) is 0.812. The summed E-state index contributed by atoms with van der Waals surface area (Å²) in [5, 5.41) is 0. The van der Waals surface area contributed by atoms with E-state index in [0.717, 1.165) is 30.5 Å². The molecule has 2 aromatic carbocycles. The number of carbonyl (C=O) groups excluding carboxylic acids is 1. The summed E-state index contributed by atoms with van der Waals surface area (Å²) >= 11 is 0. The number of hydrogen-bond donors (Lipinski definition) is 0. The third-order valence-corrected chi connectivity index (χ3v) is 3.90. The van der Waals surface area contributed by atoms with E-state index in [0.29, 0.717) is 12.1 Å². The Bertz CT molecular complexity index is 676. The first-order chi connectivity index (χ1) is 10.9. The van der Waals surface area contributed by atoms with Crippen LogP contribution in [0.5, 0.6) is 0 Å². The van der Waals surface area contributed by atoms with Crippen LogP contribution in [-0.4, -0.2) is 16.8 Å². The van der Waals surface area contributed by atoms with Gasteiger partial charge in [0.15, 0.2) is 0 Å². The lowest BCUT2D eigenvalue weighted by molar-refractivity contribution is -0.137. The summed E-state index contributed by atoms with van der Waals surface area (Å²) in [5.74, 6) is -0.218. The maximum absolute atomic E-state index is 12.6. The molecule has 3 rings (SSSR count). The molecule has 1 amide bonds. The molecule has 1 aliphatic carbocycles. The summed E-state index contributed by atoms with van der Waals surface area (Å²) in [6, 6.07) is 14.2. The summed E-state index contributed by atoms with van der Waals surface area (Å²) in [6.45, 7) is 0.478. The molecule has 1 fully saturated rings. The first-order valence-corrected chi connectivity index (χ1v) is 7.47. The van der Waals surface area contributed by atoms with E-state index in [2.05, 4.69) is 0 Å². The Morgan fingerprint density at radius 2 is 1.61 bits per heavy atom. The Balaban J connectivity index is 1.79. The molecule has 0 saturated heterocycles. The van der Waals surface area contributed by atoms with E-state index in [-0.39, 0.29) is 11.9 Å². The number of alkyl halides is 3. The average molecular weight is 319 g/mol. The zero-order valence-electron chi connectivity index (χ0n) is 12.4. The molecule has 2 aromatic rings. The van der Waals surface area contributed by atoms with E-state index in [9.17, 15) is 18.0 Å². The van der Waals surface area contributed by atoms with Crippen LogP contribution in [0.3, 0.4) is 0 Å². The predicted molar refractivity (Wildman–Crippen MR) is 80.8 cm³/mol. The molecule has 0 atom stereocenters. The fraction of sp³-hybridized carbons (Fsp3) is 0.278. The van der Waals surface area contributed by atoms with Crippen LogP contribution in [0.4, 0.5) is 13.2 Å². The van der Waals surface area contributed by atoms with Crippen LogP contribution >= 0.6 is 0 Å². The zero-order chi connectivity index (χ0) is 16.4. The number of halogens is 3. The van der Waals surface area contributed by atoms with Crippen molar-refractivity contribution in [1.82, 2.24) is 4.90 Å². The van der Waals surface area contributed by atoms with Crippen LogP contribution in [-0.2, 0) is 12.7 Å². The molecule has 0 heterocycles. The lowest BCUT2D eigenvalue weighted by Gasteiger charge is -2.23. The molecular formula is C18H16F3NO. The lowest BCUT2D eigenvalue weighted by atomic mass is 10.1. The van der Waals surface area contributed by atoms with Gasteiger partial charge in [-0.3, -0.25) is 4.79 Å². The van der Waals surface area contributed by atoms with Crippen molar-refractivity contribution in [2.45, 2.75) is 31.6 Å². The van der Waals surface area contributed by atoms with Crippen molar-refractivity contribution in [3.63, 3.8) is 0 Å². The van der Waals surface area contributed by atoms with E-state index in [4.69, 9.17) is 0 Å². The molecule has 1 aliphatic rings. The fourth-order valence-electron chi connectivity index (χ4n) is 2.50. The van der Waals surface area contributed by atoms with Crippen molar-refractivity contribution >= 4 is 5.91 Å². The zero-order valence-corrected chi connectivity index (χ0v) is 12.4. The second-order valence-electron chi connectivity index (χ2n) is 5.72. The van der Waals surface area contributed by atoms with Crippen molar-refractivity contribution in [3.8, 4) is 0 Å². The third-order valence-electron chi connectivity index (χ3n) is 3.90. The van der Waals surface area contributed by atoms with Crippen molar-refractivity contribution in [2.24, 2.45) is 0 Å². The number of rotatable bonds is 4. The smallest absolute Gasteiger partial charge is 0.331 e. The van der Waals surface area contributed by atoms with Crippen molar-refractivity contribution < 1.29 is 18.0 Å². The number of carbonyl (C=O) groups is 1. The second kappa shape index (κ2) is 6.07. The normalized spacial score (nSPS) is 14.6. The van der Waals surface area contributed by atoms with E-state index in [1.807, 2.05) is 30.3 Å². The van der Waals surface area contributed by atoms with Crippen molar-refractivity contribution in [2.75, 3.05) is 0 Å². The van der Waals surface area contributed by atoms with E-state index < -0.39 is 11.7 Å². The van der Waals surface area contributed by atoms with Crippen LogP contribution < -0.4 is 0 Å². The molecule has 0 radical (unpaired) electrons. The highest BCUT2D eigenvalue weighted by Gasteiger charge is 2.34. The molecule has 0 spiro atoms. The minimum Gasteiger partial charge on any atom is -0.331 e. The second-order valence-corrected chi connectivity index (χ2v) is 5.72. The highest BCUT2D eigenvalue weighted by atomic mass is 19.4. The van der Waals surface area contributed by atoms with Crippen LogP contribution in [0.25, 0.3) is 0 Å². The molecule has 120 valence electrons. The SMILES string of the molecule is O=C(c1ccc(C(F)(F)F)cc1)N(Cc1ccccc1)C1CC1. The molecule has 2 nitrogen and oxygen atoms in total. The average Bonchev–Trinajstić information content (AvgIpc) is 3.37. The van der Waals surface area contributed by atoms with Crippen LogP contribution in [0.1, 0.15) is 34.3 Å². The van der Waals surface area contributed by atoms with Gasteiger partial charge in [0.25, 0.3) is 5.91 Å². The molecule has 0 bridgehead atoms. The van der Waals surface area contributed by atoms with Gasteiger partial charge in [-0.25, -0.2) is 0 Å². The molecule has 0 unspecified atom stereocenters. The molecule has 1 saturated carbocycles. The highest BCUT2D eigenvalue weighted by Crippen LogP contribution is 2.32. The topological polar surface area (TPSA) is 20.3 Å². The summed E-state index contributed by atoms with van der Waals surface area (Å²) in [7, 11) is 0. The maximum atomic E-state index is 12.6. The summed E-state index contributed by atoms with van der Waals surface area (Å²) in [6.07, 6.45) is -2.50. The van der Waals surface area contributed by atoms with Gasteiger partial charge in [0.1, 0.15) is 0 Å². The largest absolute Gasteiger partial charge is 0.416 e. The van der Waals surface area contributed by atoms with Crippen LogP contribution in [0, 0.1) is 0 Å². The standard InChI is InChI=1S/C18H16F3NO/c19-18(20,21)15-8-6-14(7-9-15)17(23)22(16-10-11-16)12-13-4-2-1-3-5-13/h1-9,16H,10-12H2. The van der Waals surface area contributed by atoms with Gasteiger partial charge in [-0.1, -0.05) is 30.3 Å². The van der Waals surface area contributed by atoms with Crippen LogP contribution in [0.15, 0.2) is 54.6 Å². The first-order valence-electron chi connectivity index (χ1n) is 7.47.